The van der Waals surface area contributed by atoms with Crippen LogP contribution in [0.2, 0.25) is 0 Å². The third kappa shape index (κ3) is 6.65. The van der Waals surface area contributed by atoms with Crippen LogP contribution in [0.5, 0.6) is 0 Å². The minimum atomic E-state index is -0.379. The first-order valence-electron chi connectivity index (χ1n) is 11.9. The third-order valence-electron chi connectivity index (χ3n) is 5.60. The normalized spacial score (nSPS) is 12.0. The molecule has 32 heavy (non-hydrogen) atoms. The van der Waals surface area contributed by atoms with E-state index in [0.29, 0.717) is 36.4 Å². The third-order valence-corrected chi connectivity index (χ3v) is 5.60. The lowest BCUT2D eigenvalue weighted by atomic mass is 10.1. The number of unbranched alkanes of at least 4 members (excludes halogenated alkanes) is 3. The molecule has 0 bridgehead atoms. The molecule has 1 heterocycles. The van der Waals surface area contributed by atoms with Gasteiger partial charge in [0.1, 0.15) is 5.82 Å². The van der Waals surface area contributed by atoms with Crippen LogP contribution in [-0.2, 0) is 20.9 Å². The van der Waals surface area contributed by atoms with Crippen LogP contribution in [0.1, 0.15) is 84.5 Å². The molecule has 0 fully saturated rings. The lowest BCUT2D eigenvalue weighted by Crippen LogP contribution is -2.38. The number of amides is 1. The predicted octanol–water partition coefficient (Wildman–Crippen LogP) is 4.62. The molecule has 0 radical (unpaired) electrons. The van der Waals surface area contributed by atoms with Crippen LogP contribution in [0.3, 0.4) is 0 Å². The number of benzene rings is 1. The van der Waals surface area contributed by atoms with Gasteiger partial charge < -0.3 is 9.64 Å². The zero-order valence-corrected chi connectivity index (χ0v) is 19.9. The van der Waals surface area contributed by atoms with E-state index in [0.717, 1.165) is 32.1 Å². The van der Waals surface area contributed by atoms with Crippen molar-refractivity contribution < 1.29 is 14.3 Å². The fourth-order valence-corrected chi connectivity index (χ4v) is 3.91. The van der Waals surface area contributed by atoms with E-state index in [-0.39, 0.29) is 36.3 Å². The average Bonchev–Trinajstić information content (AvgIpc) is 2.79. The SMILES string of the molecule is CCCCCCN(C(=O)CCC(=O)OCC)C(C)c1nc2ccccc2c(=O)n1CCC. The van der Waals surface area contributed by atoms with Gasteiger partial charge in [-0.15, -0.1) is 0 Å². The van der Waals surface area contributed by atoms with E-state index in [9.17, 15) is 14.4 Å². The van der Waals surface area contributed by atoms with E-state index >= 15 is 0 Å². The highest BCUT2D eigenvalue weighted by Crippen LogP contribution is 2.22. The number of carbonyl (C=O) groups is 2. The van der Waals surface area contributed by atoms with Gasteiger partial charge in [0.25, 0.3) is 5.56 Å². The van der Waals surface area contributed by atoms with Crippen molar-refractivity contribution in [3.63, 3.8) is 0 Å². The molecule has 1 unspecified atom stereocenters. The highest BCUT2D eigenvalue weighted by Gasteiger charge is 2.26. The van der Waals surface area contributed by atoms with Crippen molar-refractivity contribution in [2.24, 2.45) is 0 Å². The molecule has 1 aromatic carbocycles. The number of hydrogen-bond acceptors (Lipinski definition) is 5. The van der Waals surface area contributed by atoms with Gasteiger partial charge >= 0.3 is 5.97 Å². The van der Waals surface area contributed by atoms with Crippen molar-refractivity contribution in [1.82, 2.24) is 14.5 Å². The van der Waals surface area contributed by atoms with Gasteiger partial charge in [-0.2, -0.15) is 0 Å². The van der Waals surface area contributed by atoms with E-state index in [1.165, 1.54) is 0 Å². The Morgan fingerprint density at radius 3 is 2.50 bits per heavy atom. The number of para-hydroxylation sites is 1. The first-order valence-corrected chi connectivity index (χ1v) is 11.9. The molecule has 176 valence electrons. The van der Waals surface area contributed by atoms with Crippen LogP contribution < -0.4 is 5.56 Å². The summed E-state index contributed by atoms with van der Waals surface area (Å²) in [4.78, 5) is 44.7. The fraction of sp³-hybridized carbons (Fsp3) is 0.600. The molecule has 7 heteroatoms. The second-order valence-corrected chi connectivity index (χ2v) is 8.07. The molecule has 0 aliphatic carbocycles. The average molecular weight is 444 g/mol. The molecule has 0 saturated heterocycles. The van der Waals surface area contributed by atoms with Crippen molar-refractivity contribution in [2.75, 3.05) is 13.2 Å². The predicted molar refractivity (Wildman–Crippen MR) is 126 cm³/mol. The van der Waals surface area contributed by atoms with E-state index in [1.54, 1.807) is 22.5 Å². The van der Waals surface area contributed by atoms with Gasteiger partial charge in [0.15, 0.2) is 0 Å². The number of fused-ring (bicyclic) bond motifs is 1. The quantitative estimate of drug-likeness (QED) is 0.333. The first kappa shape index (κ1) is 25.6. The largest absolute Gasteiger partial charge is 0.466 e. The van der Waals surface area contributed by atoms with E-state index in [1.807, 2.05) is 32.0 Å². The summed E-state index contributed by atoms with van der Waals surface area (Å²) in [6, 6.07) is 6.94. The van der Waals surface area contributed by atoms with Crippen molar-refractivity contribution >= 4 is 22.8 Å². The molecule has 0 N–H and O–H groups in total. The Morgan fingerprint density at radius 1 is 1.06 bits per heavy atom. The van der Waals surface area contributed by atoms with Gasteiger partial charge in [0.2, 0.25) is 5.91 Å². The van der Waals surface area contributed by atoms with Crippen LogP contribution in [0.4, 0.5) is 0 Å². The molecular weight excluding hydrogens is 406 g/mol. The molecule has 0 saturated carbocycles. The highest BCUT2D eigenvalue weighted by molar-refractivity contribution is 5.82. The number of aromatic nitrogens is 2. The molecule has 0 aliphatic rings. The monoisotopic (exact) mass is 443 g/mol. The highest BCUT2D eigenvalue weighted by atomic mass is 16.5. The lowest BCUT2D eigenvalue weighted by Gasteiger charge is -2.30. The van der Waals surface area contributed by atoms with Crippen LogP contribution in [0.15, 0.2) is 29.1 Å². The summed E-state index contributed by atoms with van der Waals surface area (Å²) < 4.78 is 6.68. The second-order valence-electron chi connectivity index (χ2n) is 8.07. The number of esters is 1. The molecule has 2 rings (SSSR count). The maximum absolute atomic E-state index is 13.2. The molecule has 1 aromatic heterocycles. The molecule has 0 aliphatic heterocycles. The zero-order chi connectivity index (χ0) is 23.5. The Hall–Kier alpha value is -2.70. The number of carbonyl (C=O) groups excluding carboxylic acids is 2. The van der Waals surface area contributed by atoms with Gasteiger partial charge in [0.05, 0.1) is 30.0 Å². The zero-order valence-electron chi connectivity index (χ0n) is 19.9. The van der Waals surface area contributed by atoms with Gasteiger partial charge in [-0.25, -0.2) is 4.98 Å². The Morgan fingerprint density at radius 2 is 1.81 bits per heavy atom. The maximum atomic E-state index is 13.2. The van der Waals surface area contributed by atoms with Crippen LogP contribution in [0, 0.1) is 0 Å². The summed E-state index contributed by atoms with van der Waals surface area (Å²) >= 11 is 0. The van der Waals surface area contributed by atoms with E-state index in [2.05, 4.69) is 6.92 Å². The second kappa shape index (κ2) is 13.0. The summed E-state index contributed by atoms with van der Waals surface area (Å²) in [5.74, 6) is 0.106. The van der Waals surface area contributed by atoms with Gasteiger partial charge in [-0.1, -0.05) is 45.2 Å². The van der Waals surface area contributed by atoms with Crippen molar-refractivity contribution in [1.29, 1.82) is 0 Å². The Labute approximate surface area is 190 Å². The number of rotatable bonds is 13. The number of hydrogen-bond donors (Lipinski definition) is 0. The summed E-state index contributed by atoms with van der Waals surface area (Å²) in [5.41, 5.74) is 0.556. The fourth-order valence-electron chi connectivity index (χ4n) is 3.91. The molecule has 1 amide bonds. The van der Waals surface area contributed by atoms with Crippen LogP contribution in [0.25, 0.3) is 10.9 Å². The maximum Gasteiger partial charge on any atom is 0.306 e. The van der Waals surface area contributed by atoms with Gasteiger partial charge in [-0.3, -0.25) is 19.0 Å². The first-order chi connectivity index (χ1) is 15.4. The van der Waals surface area contributed by atoms with Crippen molar-refractivity contribution in [3.05, 3.63) is 40.4 Å². The van der Waals surface area contributed by atoms with Crippen LogP contribution in [-0.4, -0.2) is 39.5 Å². The Balaban J connectivity index is 2.38. The number of ether oxygens (including phenoxy) is 1. The van der Waals surface area contributed by atoms with Crippen LogP contribution >= 0.6 is 0 Å². The minimum Gasteiger partial charge on any atom is -0.466 e. The summed E-state index contributed by atoms with van der Waals surface area (Å²) in [7, 11) is 0. The van der Waals surface area contributed by atoms with Crippen molar-refractivity contribution in [3.8, 4) is 0 Å². The summed E-state index contributed by atoms with van der Waals surface area (Å²) in [5, 5.41) is 0.583. The van der Waals surface area contributed by atoms with E-state index in [4.69, 9.17) is 9.72 Å². The topological polar surface area (TPSA) is 81.5 Å². The lowest BCUT2D eigenvalue weighted by molar-refractivity contribution is -0.146. The Bertz CT molecular complexity index is 954. The van der Waals surface area contributed by atoms with Crippen molar-refractivity contribution in [2.45, 2.75) is 85.2 Å². The molecule has 2 aromatic rings. The molecule has 1 atom stereocenters. The Kier molecular flexibility index (Phi) is 10.4. The summed E-state index contributed by atoms with van der Waals surface area (Å²) in [6.45, 7) is 9.24. The molecular formula is C25H37N3O4. The summed E-state index contributed by atoms with van der Waals surface area (Å²) in [6.07, 6.45) is 5.03. The smallest absolute Gasteiger partial charge is 0.306 e. The standard InChI is InChI=1S/C25H37N3O4/c1-5-8-9-12-18-27(22(29)15-16-23(30)32-7-3)19(4)24-26-21-14-11-10-13-20(21)25(31)28(24)17-6-2/h10-11,13-14,19H,5-9,12,15-18H2,1-4H3. The minimum absolute atomic E-state index is 0.0533. The van der Waals surface area contributed by atoms with E-state index < -0.39 is 0 Å². The van der Waals surface area contributed by atoms with Gasteiger partial charge in [-0.05, 0) is 38.8 Å². The number of nitrogens with zero attached hydrogens (tertiary/aromatic N) is 3. The van der Waals surface area contributed by atoms with Gasteiger partial charge in [0, 0.05) is 19.5 Å². The molecule has 7 nitrogen and oxygen atoms in total. The molecule has 0 spiro atoms.